The summed E-state index contributed by atoms with van der Waals surface area (Å²) in [6, 6.07) is 17.7. The van der Waals surface area contributed by atoms with Gasteiger partial charge in [-0.2, -0.15) is 14.9 Å². The van der Waals surface area contributed by atoms with Gasteiger partial charge in [-0.15, -0.1) is 0 Å². The summed E-state index contributed by atoms with van der Waals surface area (Å²) in [5, 5.41) is 15.7. The number of hydrogen-bond acceptors (Lipinski definition) is 3. The molecule has 0 aliphatic heterocycles. The molecule has 5 nitrogen and oxygen atoms in total. The normalized spacial score (nSPS) is 19.4. The Labute approximate surface area is 172 Å². The lowest BCUT2D eigenvalue weighted by Crippen LogP contribution is -2.16. The van der Waals surface area contributed by atoms with E-state index in [9.17, 15) is 10.1 Å². The molecule has 2 aromatic heterocycles. The predicted octanol–water partition coefficient (Wildman–Crippen LogP) is 5.14. The molecule has 144 valence electrons. The van der Waals surface area contributed by atoms with Gasteiger partial charge < -0.3 is 4.98 Å². The number of aromatic amines is 1. The van der Waals surface area contributed by atoms with Gasteiger partial charge in [0.25, 0.3) is 5.56 Å². The lowest BCUT2D eigenvalue weighted by atomic mass is 9.77. The van der Waals surface area contributed by atoms with Gasteiger partial charge in [-0.1, -0.05) is 35.9 Å². The van der Waals surface area contributed by atoms with E-state index in [1.165, 1.54) is 10.1 Å². The number of fused-ring (bicyclic) bond motifs is 2. The Morgan fingerprint density at radius 3 is 2.45 bits per heavy atom. The van der Waals surface area contributed by atoms with E-state index in [1.807, 2.05) is 30.3 Å². The van der Waals surface area contributed by atoms with Gasteiger partial charge >= 0.3 is 0 Å². The van der Waals surface area contributed by atoms with Gasteiger partial charge in [0.15, 0.2) is 5.65 Å². The molecule has 0 bridgehead atoms. The summed E-state index contributed by atoms with van der Waals surface area (Å²) in [5.74, 6) is 0.680. The number of nitrogens with zero attached hydrogens (tertiary/aromatic N) is 3. The summed E-state index contributed by atoms with van der Waals surface area (Å²) in [7, 11) is 0. The molecule has 1 saturated carbocycles. The highest BCUT2D eigenvalue weighted by atomic mass is 35.5. The molecule has 0 amide bonds. The molecule has 1 N–H and O–H groups in total. The molecular weight excluding hydrogens is 384 g/mol. The van der Waals surface area contributed by atoms with Crippen molar-refractivity contribution in [2.45, 2.75) is 37.5 Å². The summed E-state index contributed by atoms with van der Waals surface area (Å²) in [6.07, 6.45) is 3.95. The van der Waals surface area contributed by atoms with E-state index in [4.69, 9.17) is 11.6 Å². The third kappa shape index (κ3) is 3.01. The van der Waals surface area contributed by atoms with Crippen LogP contribution in [-0.2, 0) is 0 Å². The zero-order valence-electron chi connectivity index (χ0n) is 15.7. The summed E-state index contributed by atoms with van der Waals surface area (Å²) >= 11 is 6.01. The first-order valence-corrected chi connectivity index (χ1v) is 10.2. The van der Waals surface area contributed by atoms with Crippen molar-refractivity contribution in [1.82, 2.24) is 14.6 Å². The largest absolute Gasteiger partial charge is 0.338 e. The summed E-state index contributed by atoms with van der Waals surface area (Å²) < 4.78 is 1.36. The number of para-hydroxylation sites is 1. The van der Waals surface area contributed by atoms with Crippen molar-refractivity contribution in [2.24, 2.45) is 0 Å². The fourth-order valence-electron chi connectivity index (χ4n) is 4.55. The highest BCUT2D eigenvalue weighted by Crippen LogP contribution is 2.41. The molecule has 5 rings (SSSR count). The third-order valence-corrected chi connectivity index (χ3v) is 6.33. The van der Waals surface area contributed by atoms with Crippen molar-refractivity contribution in [3.63, 3.8) is 0 Å². The van der Waals surface area contributed by atoms with E-state index in [0.717, 1.165) is 41.9 Å². The van der Waals surface area contributed by atoms with Crippen LogP contribution in [0.15, 0.2) is 53.3 Å². The molecule has 1 aliphatic carbocycles. The number of halogens is 1. The molecule has 0 unspecified atom stereocenters. The Morgan fingerprint density at radius 1 is 1.03 bits per heavy atom. The number of nitriles is 1. The van der Waals surface area contributed by atoms with Gasteiger partial charge in [0.2, 0.25) is 0 Å². The first kappa shape index (κ1) is 18.0. The minimum absolute atomic E-state index is 0.184. The van der Waals surface area contributed by atoms with Crippen molar-refractivity contribution in [3.8, 4) is 6.07 Å². The zero-order valence-corrected chi connectivity index (χ0v) is 16.5. The topological polar surface area (TPSA) is 74.0 Å². The molecule has 4 aromatic rings. The van der Waals surface area contributed by atoms with Gasteiger partial charge in [-0.3, -0.25) is 4.79 Å². The molecule has 6 heteroatoms. The van der Waals surface area contributed by atoms with Crippen LogP contribution in [0.4, 0.5) is 0 Å². The van der Waals surface area contributed by atoms with E-state index >= 15 is 0 Å². The molecule has 0 atom stereocenters. The number of nitrogens with one attached hydrogen (secondary N) is 1. The lowest BCUT2D eigenvalue weighted by molar-refractivity contribution is 0.390. The van der Waals surface area contributed by atoms with Crippen LogP contribution < -0.4 is 5.56 Å². The second-order valence-corrected chi connectivity index (χ2v) is 8.14. The van der Waals surface area contributed by atoms with Gasteiger partial charge in [-0.05, 0) is 61.4 Å². The first-order valence-electron chi connectivity index (χ1n) is 9.85. The number of rotatable bonds is 2. The molecule has 1 aliphatic rings. The van der Waals surface area contributed by atoms with Crippen molar-refractivity contribution in [2.75, 3.05) is 0 Å². The Bertz CT molecular complexity index is 1310. The van der Waals surface area contributed by atoms with Crippen LogP contribution >= 0.6 is 11.6 Å². The van der Waals surface area contributed by atoms with E-state index in [0.29, 0.717) is 22.5 Å². The van der Waals surface area contributed by atoms with Crippen molar-refractivity contribution < 1.29 is 0 Å². The molecule has 2 heterocycles. The van der Waals surface area contributed by atoms with Crippen molar-refractivity contribution in [1.29, 1.82) is 5.26 Å². The lowest BCUT2D eigenvalue weighted by Gasteiger charge is -2.28. The predicted molar refractivity (Wildman–Crippen MR) is 113 cm³/mol. The summed E-state index contributed by atoms with van der Waals surface area (Å²) in [4.78, 5) is 16.1. The van der Waals surface area contributed by atoms with Crippen LogP contribution in [0.25, 0.3) is 16.6 Å². The highest BCUT2D eigenvalue weighted by Gasteiger charge is 2.29. The summed E-state index contributed by atoms with van der Waals surface area (Å²) in [5.41, 5.74) is 3.57. The highest BCUT2D eigenvalue weighted by molar-refractivity contribution is 6.30. The molecule has 29 heavy (non-hydrogen) atoms. The maximum absolute atomic E-state index is 12.9. The Kier molecular flexibility index (Phi) is 4.37. The minimum atomic E-state index is -0.188. The van der Waals surface area contributed by atoms with Crippen LogP contribution in [0.3, 0.4) is 0 Å². The smallest absolute Gasteiger partial charge is 0.282 e. The Morgan fingerprint density at radius 2 is 1.72 bits per heavy atom. The average molecular weight is 403 g/mol. The molecular formula is C23H19ClN4O. The van der Waals surface area contributed by atoms with Gasteiger partial charge in [0.1, 0.15) is 11.6 Å². The first-order chi connectivity index (χ1) is 14.2. The van der Waals surface area contributed by atoms with Crippen LogP contribution in [-0.4, -0.2) is 14.6 Å². The van der Waals surface area contributed by atoms with Crippen LogP contribution in [0.1, 0.15) is 54.3 Å². The number of hydrogen-bond donors (Lipinski definition) is 1. The SMILES string of the molecule is N#Cc1c(C2CCC(c3ccc(Cl)cc3)CC2)nn2c(=O)c3ccccc3[nH]c12. The monoisotopic (exact) mass is 402 g/mol. The molecule has 0 radical (unpaired) electrons. The van der Waals surface area contributed by atoms with E-state index in [2.05, 4.69) is 28.3 Å². The molecule has 0 saturated heterocycles. The number of H-pyrrole nitrogens is 1. The molecule has 0 spiro atoms. The fraction of sp³-hybridized carbons (Fsp3) is 0.261. The van der Waals surface area contributed by atoms with Gasteiger partial charge in [0.05, 0.1) is 16.6 Å². The quantitative estimate of drug-likeness (QED) is 0.504. The fourth-order valence-corrected chi connectivity index (χ4v) is 4.67. The van der Waals surface area contributed by atoms with Crippen LogP contribution in [0.5, 0.6) is 0 Å². The van der Waals surface area contributed by atoms with E-state index < -0.39 is 0 Å². The Hall–Kier alpha value is -3.10. The van der Waals surface area contributed by atoms with Crippen LogP contribution in [0.2, 0.25) is 5.02 Å². The molecule has 1 fully saturated rings. The maximum atomic E-state index is 12.9. The summed E-state index contributed by atoms with van der Waals surface area (Å²) in [6.45, 7) is 0. The van der Waals surface area contributed by atoms with E-state index in [-0.39, 0.29) is 11.5 Å². The van der Waals surface area contributed by atoms with Crippen LogP contribution in [0, 0.1) is 11.3 Å². The maximum Gasteiger partial charge on any atom is 0.282 e. The standard InChI is InChI=1S/C23H19ClN4O/c24-17-11-9-15(10-12-17)14-5-7-16(8-6-14)21-19(13-25)22-26-20-4-2-1-3-18(20)23(29)28(22)27-21/h1-4,9-12,14,16,26H,5-8H2. The van der Waals surface area contributed by atoms with Crippen molar-refractivity contribution >= 4 is 28.2 Å². The van der Waals surface area contributed by atoms with Gasteiger partial charge in [0, 0.05) is 10.9 Å². The molecule has 2 aromatic carbocycles. The minimum Gasteiger partial charge on any atom is -0.338 e. The number of benzene rings is 2. The van der Waals surface area contributed by atoms with Crippen molar-refractivity contribution in [3.05, 3.63) is 80.7 Å². The Balaban J connectivity index is 1.50. The number of aromatic nitrogens is 3. The zero-order chi connectivity index (χ0) is 20.0. The second-order valence-electron chi connectivity index (χ2n) is 7.71. The average Bonchev–Trinajstić information content (AvgIpc) is 3.13. The van der Waals surface area contributed by atoms with E-state index in [1.54, 1.807) is 6.07 Å². The van der Waals surface area contributed by atoms with Gasteiger partial charge in [-0.25, -0.2) is 0 Å². The second kappa shape index (κ2) is 7.06. The third-order valence-electron chi connectivity index (χ3n) is 6.08.